The number of para-hydroxylation sites is 2. The molecule has 71 heavy (non-hydrogen) atoms. The van der Waals surface area contributed by atoms with Crippen molar-refractivity contribution in [3.8, 4) is 11.1 Å². The Kier molecular flexibility index (Phi) is 10.5. The van der Waals surface area contributed by atoms with Crippen LogP contribution >= 0.6 is 0 Å². The number of hydrogen-bond acceptors (Lipinski definition) is 3. The molecule has 0 unspecified atom stereocenters. The summed E-state index contributed by atoms with van der Waals surface area (Å²) in [6.45, 7) is 0. The largest absolute Gasteiger partial charge is 0.310 e. The lowest BCUT2D eigenvalue weighted by atomic mass is 9.99. The minimum atomic E-state index is 1.09. The predicted molar refractivity (Wildman–Crippen MR) is 303 cm³/mol. The highest BCUT2D eigenvalue weighted by Gasteiger charge is 2.20. The zero-order valence-corrected chi connectivity index (χ0v) is 39.0. The van der Waals surface area contributed by atoms with Crippen LogP contribution in [0.3, 0.4) is 0 Å². The van der Waals surface area contributed by atoms with Crippen molar-refractivity contribution in [3.63, 3.8) is 0 Å². The van der Waals surface area contributed by atoms with Crippen molar-refractivity contribution in [2.24, 2.45) is 0 Å². The molecule has 3 heteroatoms. The van der Waals surface area contributed by atoms with Gasteiger partial charge in [0.05, 0.1) is 17.1 Å². The van der Waals surface area contributed by atoms with E-state index >= 15 is 0 Å². The SMILES string of the molecule is c1ccc(N(c2ccc(-c3ccc(N(c4ccc5c(ccc6cc(N(c7ccccc7)c7cccc8ccccc78)ccc65)c4)c4cccc5ccccc45)cc3)cc2)c2cccc3ccccc23)cc1. The fourth-order valence-electron chi connectivity index (χ4n) is 10.6. The van der Waals surface area contributed by atoms with E-state index in [0.717, 1.165) is 62.3 Å². The van der Waals surface area contributed by atoms with Crippen LogP contribution < -0.4 is 14.7 Å². The number of anilines is 9. The Balaban J connectivity index is 0.866. The molecule has 0 aliphatic heterocycles. The van der Waals surface area contributed by atoms with Gasteiger partial charge in [0, 0.05) is 50.3 Å². The summed E-state index contributed by atoms with van der Waals surface area (Å²) < 4.78 is 0. The molecule has 0 heterocycles. The minimum absolute atomic E-state index is 1.09. The Morgan fingerprint density at radius 3 is 0.845 bits per heavy atom. The molecular weight excluding hydrogens is 859 g/mol. The van der Waals surface area contributed by atoms with Crippen LogP contribution in [0.1, 0.15) is 0 Å². The molecule has 0 amide bonds. The zero-order chi connectivity index (χ0) is 47.1. The van der Waals surface area contributed by atoms with E-state index in [1.54, 1.807) is 0 Å². The van der Waals surface area contributed by atoms with E-state index in [2.05, 4.69) is 300 Å². The molecule has 13 rings (SSSR count). The summed E-state index contributed by atoms with van der Waals surface area (Å²) >= 11 is 0. The lowest BCUT2D eigenvalue weighted by molar-refractivity contribution is 1.29. The van der Waals surface area contributed by atoms with Crippen molar-refractivity contribution in [2.75, 3.05) is 14.7 Å². The molecule has 0 aliphatic carbocycles. The Morgan fingerprint density at radius 1 is 0.169 bits per heavy atom. The van der Waals surface area contributed by atoms with Crippen molar-refractivity contribution < 1.29 is 0 Å². The summed E-state index contributed by atoms with van der Waals surface area (Å²) in [5.41, 5.74) is 12.4. The van der Waals surface area contributed by atoms with Gasteiger partial charge in [0.1, 0.15) is 0 Å². The van der Waals surface area contributed by atoms with Crippen LogP contribution in [0.2, 0.25) is 0 Å². The van der Waals surface area contributed by atoms with Crippen LogP contribution in [0.25, 0.3) is 65.0 Å². The van der Waals surface area contributed by atoms with Crippen molar-refractivity contribution in [1.82, 2.24) is 0 Å². The molecule has 13 aromatic rings. The second-order valence-corrected chi connectivity index (χ2v) is 18.1. The van der Waals surface area contributed by atoms with Crippen molar-refractivity contribution >= 4 is 105 Å². The molecule has 0 N–H and O–H groups in total. The first-order valence-electron chi connectivity index (χ1n) is 24.3. The smallest absolute Gasteiger partial charge is 0.0540 e. The normalized spacial score (nSPS) is 11.4. The molecule has 0 saturated carbocycles. The summed E-state index contributed by atoms with van der Waals surface area (Å²) in [5.74, 6) is 0. The van der Waals surface area contributed by atoms with Gasteiger partial charge in [0.15, 0.2) is 0 Å². The second kappa shape index (κ2) is 17.9. The Bertz CT molecular complexity index is 4040. The second-order valence-electron chi connectivity index (χ2n) is 18.1. The molecule has 0 bridgehead atoms. The van der Waals surface area contributed by atoms with Gasteiger partial charge < -0.3 is 14.7 Å². The minimum Gasteiger partial charge on any atom is -0.310 e. The molecule has 0 aliphatic rings. The molecule has 3 nitrogen and oxygen atoms in total. The molecule has 0 saturated heterocycles. The monoisotopic (exact) mass is 905 g/mol. The van der Waals surface area contributed by atoms with Gasteiger partial charge in [-0.05, 0) is 140 Å². The first kappa shape index (κ1) is 41.7. The molecular formula is C68H47N3. The zero-order valence-electron chi connectivity index (χ0n) is 39.0. The summed E-state index contributed by atoms with van der Waals surface area (Å²) in [6, 6.07) is 103. The lowest BCUT2D eigenvalue weighted by Gasteiger charge is -2.28. The van der Waals surface area contributed by atoms with E-state index < -0.39 is 0 Å². The van der Waals surface area contributed by atoms with Gasteiger partial charge in [-0.3, -0.25) is 0 Å². The van der Waals surface area contributed by atoms with E-state index in [9.17, 15) is 0 Å². The number of rotatable bonds is 10. The number of benzene rings is 13. The molecule has 0 radical (unpaired) electrons. The van der Waals surface area contributed by atoms with Crippen LogP contribution in [0.4, 0.5) is 51.2 Å². The van der Waals surface area contributed by atoms with Gasteiger partial charge in [0.25, 0.3) is 0 Å². The van der Waals surface area contributed by atoms with Crippen molar-refractivity contribution in [3.05, 3.63) is 285 Å². The summed E-state index contributed by atoms with van der Waals surface area (Å²) in [4.78, 5) is 7.14. The average Bonchev–Trinajstić information content (AvgIpc) is 3.44. The standard InChI is InChI=1S/C68H47N3/c1-3-22-55(23-4-1)69(66-29-13-19-50-16-7-10-26-63(50)66)57-38-34-48(35-39-57)49-36-40-58(41-37-49)71(68-31-15-21-52-18-9-12-28-65(52)68)60-43-45-62-54(47-60)33-32-53-46-59(42-44-61(53)62)70(56-24-5-2-6-25-56)67-30-14-20-51-17-8-11-27-64(51)67/h1-47H. The van der Waals surface area contributed by atoms with Crippen molar-refractivity contribution in [2.45, 2.75) is 0 Å². The van der Waals surface area contributed by atoms with Crippen LogP contribution in [0.5, 0.6) is 0 Å². The predicted octanol–water partition coefficient (Wildman–Crippen LogP) is 19.5. The van der Waals surface area contributed by atoms with Crippen LogP contribution in [0, 0.1) is 0 Å². The first-order chi connectivity index (χ1) is 35.2. The quantitative estimate of drug-likeness (QED) is 0.127. The van der Waals surface area contributed by atoms with E-state index in [0.29, 0.717) is 0 Å². The van der Waals surface area contributed by atoms with E-state index in [4.69, 9.17) is 0 Å². The highest BCUT2D eigenvalue weighted by atomic mass is 15.2. The summed E-state index contributed by atoms with van der Waals surface area (Å²) in [6.07, 6.45) is 0. The Labute approximate surface area is 414 Å². The maximum atomic E-state index is 2.41. The van der Waals surface area contributed by atoms with E-state index in [1.807, 2.05) is 0 Å². The highest BCUT2D eigenvalue weighted by Crippen LogP contribution is 2.45. The molecule has 13 aromatic carbocycles. The topological polar surface area (TPSA) is 9.72 Å². The van der Waals surface area contributed by atoms with Gasteiger partial charge >= 0.3 is 0 Å². The van der Waals surface area contributed by atoms with Crippen LogP contribution in [0.15, 0.2) is 285 Å². The maximum Gasteiger partial charge on any atom is 0.0540 e. The third kappa shape index (κ3) is 7.67. The van der Waals surface area contributed by atoms with Gasteiger partial charge in [0.2, 0.25) is 0 Å². The van der Waals surface area contributed by atoms with E-state index in [1.165, 1.54) is 53.9 Å². The third-order valence-corrected chi connectivity index (χ3v) is 14.0. The number of nitrogens with zero attached hydrogens (tertiary/aromatic N) is 3. The van der Waals surface area contributed by atoms with Crippen LogP contribution in [-0.2, 0) is 0 Å². The number of fused-ring (bicyclic) bond motifs is 6. The van der Waals surface area contributed by atoms with Gasteiger partial charge in [-0.25, -0.2) is 0 Å². The first-order valence-corrected chi connectivity index (χ1v) is 24.3. The highest BCUT2D eigenvalue weighted by molar-refractivity contribution is 6.11. The average molecular weight is 906 g/mol. The third-order valence-electron chi connectivity index (χ3n) is 14.0. The molecule has 0 fully saturated rings. The lowest BCUT2D eigenvalue weighted by Crippen LogP contribution is -2.11. The number of hydrogen-bond donors (Lipinski definition) is 0. The molecule has 0 spiro atoms. The summed E-state index contributed by atoms with van der Waals surface area (Å²) in [7, 11) is 0. The maximum absolute atomic E-state index is 2.41. The molecule has 0 aromatic heterocycles. The van der Waals surface area contributed by atoms with Gasteiger partial charge in [-0.1, -0.05) is 194 Å². The fraction of sp³-hybridized carbons (Fsp3) is 0. The Morgan fingerprint density at radius 2 is 0.465 bits per heavy atom. The molecule has 334 valence electrons. The van der Waals surface area contributed by atoms with Gasteiger partial charge in [-0.2, -0.15) is 0 Å². The molecule has 0 atom stereocenters. The summed E-state index contributed by atoms with van der Waals surface area (Å²) in [5, 5.41) is 12.1. The fourth-order valence-corrected chi connectivity index (χ4v) is 10.6. The Hall–Kier alpha value is -9.44. The van der Waals surface area contributed by atoms with E-state index in [-0.39, 0.29) is 0 Å². The van der Waals surface area contributed by atoms with Crippen molar-refractivity contribution in [1.29, 1.82) is 0 Å². The van der Waals surface area contributed by atoms with Gasteiger partial charge in [-0.15, -0.1) is 0 Å². The van der Waals surface area contributed by atoms with Crippen LogP contribution in [-0.4, -0.2) is 0 Å².